The van der Waals surface area contributed by atoms with Crippen molar-refractivity contribution in [1.29, 1.82) is 0 Å². The first-order valence-electron chi connectivity index (χ1n) is 7.90. The van der Waals surface area contributed by atoms with Crippen molar-refractivity contribution in [2.45, 2.75) is 19.5 Å². The molecule has 4 rings (SSSR count). The maximum absolute atomic E-state index is 12.5. The third kappa shape index (κ3) is 3.29. The smallest absolute Gasteiger partial charge is 0.255 e. The van der Waals surface area contributed by atoms with Gasteiger partial charge in [0.1, 0.15) is 17.3 Å². The van der Waals surface area contributed by atoms with Crippen LogP contribution in [0.15, 0.2) is 41.8 Å². The molecule has 3 aromatic rings. The molecule has 0 bridgehead atoms. The average Bonchev–Trinajstić information content (AvgIpc) is 2.65. The van der Waals surface area contributed by atoms with Crippen LogP contribution in [0.4, 0.5) is 0 Å². The molecule has 4 heterocycles. The highest BCUT2D eigenvalue weighted by molar-refractivity contribution is 6.30. The Morgan fingerprint density at radius 3 is 2.92 bits per heavy atom. The van der Waals surface area contributed by atoms with Crippen LogP contribution in [0.1, 0.15) is 16.8 Å². The zero-order valence-electron chi connectivity index (χ0n) is 13.3. The number of hydrogen-bond donors (Lipinski definition) is 1. The molecule has 25 heavy (non-hydrogen) atoms. The first-order chi connectivity index (χ1) is 12.2. The highest BCUT2D eigenvalue weighted by Crippen LogP contribution is 2.21. The molecule has 0 saturated heterocycles. The monoisotopic (exact) mass is 354 g/mol. The van der Waals surface area contributed by atoms with Crippen molar-refractivity contribution in [2.75, 3.05) is 6.54 Å². The molecule has 0 unspecified atom stereocenters. The Morgan fingerprint density at radius 2 is 2.12 bits per heavy atom. The van der Waals surface area contributed by atoms with Gasteiger partial charge in [0.25, 0.3) is 5.56 Å². The van der Waals surface area contributed by atoms with Gasteiger partial charge < -0.3 is 4.98 Å². The minimum absolute atomic E-state index is 0.120. The number of halogens is 1. The van der Waals surface area contributed by atoms with Crippen LogP contribution in [0.25, 0.3) is 11.4 Å². The van der Waals surface area contributed by atoms with Gasteiger partial charge in [-0.15, -0.1) is 0 Å². The van der Waals surface area contributed by atoms with Gasteiger partial charge in [0.05, 0.1) is 16.8 Å². The van der Waals surface area contributed by atoms with E-state index in [1.807, 2.05) is 12.1 Å². The predicted molar refractivity (Wildman–Crippen MR) is 92.9 cm³/mol. The van der Waals surface area contributed by atoms with E-state index in [0.717, 1.165) is 17.8 Å². The summed E-state index contributed by atoms with van der Waals surface area (Å²) in [6, 6.07) is 3.81. The number of hydrogen-bond acceptors (Lipinski definition) is 6. The van der Waals surface area contributed by atoms with Crippen LogP contribution in [0.5, 0.6) is 0 Å². The quantitative estimate of drug-likeness (QED) is 0.722. The van der Waals surface area contributed by atoms with E-state index >= 15 is 0 Å². The molecule has 7 nitrogen and oxygen atoms in total. The van der Waals surface area contributed by atoms with E-state index in [-0.39, 0.29) is 5.56 Å². The highest BCUT2D eigenvalue weighted by Gasteiger charge is 2.22. The summed E-state index contributed by atoms with van der Waals surface area (Å²) >= 11 is 6.13. The number of rotatable bonds is 3. The maximum Gasteiger partial charge on any atom is 0.255 e. The largest absolute Gasteiger partial charge is 0.306 e. The van der Waals surface area contributed by atoms with E-state index in [9.17, 15) is 4.79 Å². The van der Waals surface area contributed by atoms with Crippen LogP contribution < -0.4 is 5.56 Å². The molecule has 0 fully saturated rings. The molecule has 0 aromatic carbocycles. The summed E-state index contributed by atoms with van der Waals surface area (Å²) in [5, 5.41) is 0.500. The Labute approximate surface area is 148 Å². The maximum atomic E-state index is 12.5. The Bertz CT molecular complexity index is 959. The zero-order valence-corrected chi connectivity index (χ0v) is 14.1. The number of nitrogens with zero attached hydrogens (tertiary/aromatic N) is 5. The van der Waals surface area contributed by atoms with E-state index in [2.05, 4.69) is 29.8 Å². The molecule has 1 N–H and O–H groups in total. The molecule has 0 radical (unpaired) electrons. The minimum atomic E-state index is -0.120. The molecule has 1 aliphatic heterocycles. The van der Waals surface area contributed by atoms with Crippen molar-refractivity contribution in [1.82, 2.24) is 29.8 Å². The molecule has 8 heteroatoms. The molecule has 0 amide bonds. The van der Waals surface area contributed by atoms with Crippen molar-refractivity contribution in [3.63, 3.8) is 0 Å². The molecule has 0 atom stereocenters. The van der Waals surface area contributed by atoms with E-state index in [1.165, 1.54) is 6.33 Å². The summed E-state index contributed by atoms with van der Waals surface area (Å²) in [4.78, 5) is 34.2. The Balaban J connectivity index is 1.60. The minimum Gasteiger partial charge on any atom is -0.306 e. The summed E-state index contributed by atoms with van der Waals surface area (Å²) in [5.74, 6) is 0.508. The second kappa shape index (κ2) is 6.70. The van der Waals surface area contributed by atoms with Gasteiger partial charge in [-0.25, -0.2) is 19.9 Å². The third-order valence-corrected chi connectivity index (χ3v) is 4.55. The molecule has 0 spiro atoms. The summed E-state index contributed by atoms with van der Waals surface area (Å²) < 4.78 is 0. The van der Waals surface area contributed by atoms with E-state index in [4.69, 9.17) is 11.6 Å². The molecule has 3 aromatic heterocycles. The molecule has 0 saturated carbocycles. The molecular formula is C17H15ClN6O. The zero-order chi connectivity index (χ0) is 17.2. The SMILES string of the molecule is O=c1[nH]c(-c2cncnc2)nc2c1CN(Cc1cccnc1Cl)CC2. The number of aromatic nitrogens is 5. The van der Waals surface area contributed by atoms with Gasteiger partial charge in [-0.3, -0.25) is 9.69 Å². The van der Waals surface area contributed by atoms with Crippen LogP contribution in [-0.4, -0.2) is 36.4 Å². The Hall–Kier alpha value is -2.64. The number of nitrogens with one attached hydrogen (secondary N) is 1. The van der Waals surface area contributed by atoms with Crippen LogP contribution in [0.3, 0.4) is 0 Å². The van der Waals surface area contributed by atoms with Crippen molar-refractivity contribution in [3.05, 3.63) is 69.4 Å². The molecule has 1 aliphatic rings. The van der Waals surface area contributed by atoms with Crippen LogP contribution in [-0.2, 0) is 19.5 Å². The Kier molecular flexibility index (Phi) is 4.25. The lowest BCUT2D eigenvalue weighted by atomic mass is 10.1. The van der Waals surface area contributed by atoms with E-state index in [0.29, 0.717) is 41.6 Å². The lowest BCUT2D eigenvalue weighted by Crippen LogP contribution is -2.35. The number of aromatic amines is 1. The number of fused-ring (bicyclic) bond motifs is 1. The van der Waals surface area contributed by atoms with Gasteiger partial charge >= 0.3 is 0 Å². The normalized spacial score (nSPS) is 14.3. The lowest BCUT2D eigenvalue weighted by molar-refractivity contribution is 0.241. The summed E-state index contributed by atoms with van der Waals surface area (Å²) in [6.45, 7) is 1.99. The number of pyridine rings is 1. The summed E-state index contributed by atoms with van der Waals surface area (Å²) in [5.41, 5.74) is 3.07. The first kappa shape index (κ1) is 15.9. The lowest BCUT2D eigenvalue weighted by Gasteiger charge is -2.27. The van der Waals surface area contributed by atoms with E-state index in [1.54, 1.807) is 18.6 Å². The third-order valence-electron chi connectivity index (χ3n) is 4.21. The highest BCUT2D eigenvalue weighted by atomic mass is 35.5. The fourth-order valence-corrected chi connectivity index (χ4v) is 3.13. The second-order valence-electron chi connectivity index (χ2n) is 5.88. The average molecular weight is 355 g/mol. The topological polar surface area (TPSA) is 87.7 Å². The van der Waals surface area contributed by atoms with Gasteiger partial charge in [-0.2, -0.15) is 0 Å². The van der Waals surface area contributed by atoms with Crippen molar-refractivity contribution in [2.24, 2.45) is 0 Å². The molecule has 126 valence electrons. The standard InChI is InChI=1S/C17H15ClN6O/c18-15-11(2-1-4-21-15)8-24-5-3-14-13(9-24)17(25)23-16(22-14)12-6-19-10-20-7-12/h1-2,4,6-7,10H,3,5,8-9H2,(H,22,23,25). The van der Waals surface area contributed by atoms with Crippen LogP contribution >= 0.6 is 11.6 Å². The first-order valence-corrected chi connectivity index (χ1v) is 8.27. The van der Waals surface area contributed by atoms with Gasteiger partial charge in [0.15, 0.2) is 0 Å². The summed E-state index contributed by atoms with van der Waals surface area (Å²) in [7, 11) is 0. The molecular weight excluding hydrogens is 340 g/mol. The predicted octanol–water partition coefficient (Wildman–Crippen LogP) is 1.83. The van der Waals surface area contributed by atoms with Crippen LogP contribution in [0, 0.1) is 0 Å². The van der Waals surface area contributed by atoms with Gasteiger partial charge in [-0.05, 0) is 6.07 Å². The van der Waals surface area contributed by atoms with Gasteiger partial charge in [-0.1, -0.05) is 17.7 Å². The fourth-order valence-electron chi connectivity index (χ4n) is 2.95. The van der Waals surface area contributed by atoms with Crippen molar-refractivity contribution >= 4 is 11.6 Å². The second-order valence-corrected chi connectivity index (χ2v) is 6.24. The molecule has 0 aliphatic carbocycles. The van der Waals surface area contributed by atoms with Crippen molar-refractivity contribution < 1.29 is 0 Å². The van der Waals surface area contributed by atoms with Crippen molar-refractivity contribution in [3.8, 4) is 11.4 Å². The van der Waals surface area contributed by atoms with Gasteiger partial charge in [0.2, 0.25) is 0 Å². The number of H-pyrrole nitrogens is 1. The fraction of sp³-hybridized carbons (Fsp3) is 0.235. The summed E-state index contributed by atoms with van der Waals surface area (Å²) in [6.07, 6.45) is 7.09. The van der Waals surface area contributed by atoms with E-state index < -0.39 is 0 Å². The van der Waals surface area contributed by atoms with Crippen LogP contribution in [0.2, 0.25) is 5.15 Å². The Morgan fingerprint density at radius 1 is 1.28 bits per heavy atom. The van der Waals surface area contributed by atoms with Gasteiger partial charge in [0, 0.05) is 50.2 Å².